The number of fused-ring (bicyclic) bond motifs is 8. The van der Waals surface area contributed by atoms with Gasteiger partial charge in [-0.25, -0.2) is 0 Å². The molecule has 2 atom stereocenters. The van der Waals surface area contributed by atoms with Gasteiger partial charge in [-0.05, 0) is 137 Å². The van der Waals surface area contributed by atoms with Gasteiger partial charge in [-0.1, -0.05) is 140 Å². The van der Waals surface area contributed by atoms with E-state index in [0.717, 1.165) is 25.7 Å². The molecule has 12 rings (SSSR count). The van der Waals surface area contributed by atoms with Crippen LogP contribution in [0.25, 0.3) is 44.5 Å². The summed E-state index contributed by atoms with van der Waals surface area (Å²) >= 11 is 4.03. The molecule has 0 amide bonds. The first-order valence-electron chi connectivity index (χ1n) is 21.8. The highest BCUT2D eigenvalue weighted by atomic mass is 32.2. The molecule has 0 fully saturated rings. The Hall–Kier alpha value is -6.59. The number of hydrogen-bond acceptors (Lipinski definition) is 4. The zero-order chi connectivity index (χ0) is 41.0. The van der Waals surface area contributed by atoms with E-state index >= 15 is 0 Å². The Morgan fingerprint density at radius 1 is 0.452 bits per heavy atom. The number of thiophene rings is 1. The molecule has 62 heavy (non-hydrogen) atoms. The molecule has 0 bridgehead atoms. The van der Waals surface area contributed by atoms with Crippen molar-refractivity contribution in [2.45, 2.75) is 36.9 Å². The zero-order valence-corrected chi connectivity index (χ0v) is 36.0. The first kappa shape index (κ1) is 37.2. The van der Waals surface area contributed by atoms with Crippen LogP contribution in [-0.2, 0) is 6.42 Å². The number of nitrogens with zero attached hydrogens (tertiary/aromatic N) is 2. The molecule has 2 heterocycles. The number of hydrogen-bond donors (Lipinski definition) is 0. The highest BCUT2D eigenvalue weighted by molar-refractivity contribution is 8.04. The molecular weight excluding hydrogens is 789 g/mol. The third-order valence-corrected chi connectivity index (χ3v) is 15.6. The van der Waals surface area contributed by atoms with Gasteiger partial charge in [0.15, 0.2) is 0 Å². The van der Waals surface area contributed by atoms with Crippen molar-refractivity contribution in [2.75, 3.05) is 9.80 Å². The fraction of sp³-hybridized carbons (Fsp3) is 0.103. The number of allylic oxidation sites excluding steroid dienone is 4. The van der Waals surface area contributed by atoms with Crippen LogP contribution in [-0.4, -0.2) is 5.25 Å². The minimum absolute atomic E-state index is 0.408. The zero-order valence-electron chi connectivity index (χ0n) is 34.3. The SMILES string of the molecule is C1=CC2SC3=C(CCC(N(c4ccccc4)c4ccc(-c5ccccc5)cc4)=C3)C2c2ccc3sc4c(c3c21)CCC(N(c1ccccc1)c1ccc(-c2ccccc2)cc1)=C4. The third-order valence-electron chi connectivity index (χ3n) is 13.1. The molecule has 3 aliphatic carbocycles. The Kier molecular flexibility index (Phi) is 9.42. The van der Waals surface area contributed by atoms with Crippen LogP contribution in [0.2, 0.25) is 0 Å². The van der Waals surface area contributed by atoms with Crippen LogP contribution in [0, 0.1) is 0 Å². The van der Waals surface area contributed by atoms with Gasteiger partial charge in [-0.15, -0.1) is 23.1 Å². The first-order valence-corrected chi connectivity index (χ1v) is 23.5. The Bertz CT molecular complexity index is 3070. The second kappa shape index (κ2) is 15.7. The van der Waals surface area contributed by atoms with Crippen LogP contribution in [0.15, 0.2) is 216 Å². The lowest BCUT2D eigenvalue weighted by molar-refractivity contribution is 0.746. The summed E-state index contributed by atoms with van der Waals surface area (Å²) < 4.78 is 1.40. The summed E-state index contributed by atoms with van der Waals surface area (Å²) in [5.41, 5.74) is 18.5. The van der Waals surface area contributed by atoms with Gasteiger partial charge in [0.25, 0.3) is 0 Å². The van der Waals surface area contributed by atoms with Gasteiger partial charge in [-0.3, -0.25) is 0 Å². The highest BCUT2D eigenvalue weighted by Crippen LogP contribution is 2.57. The van der Waals surface area contributed by atoms with E-state index in [1.54, 1.807) is 5.57 Å². The Morgan fingerprint density at radius 2 is 0.952 bits per heavy atom. The van der Waals surface area contributed by atoms with Gasteiger partial charge in [0.05, 0.1) is 0 Å². The summed E-state index contributed by atoms with van der Waals surface area (Å²) in [6.45, 7) is 0. The largest absolute Gasteiger partial charge is 0.314 e. The van der Waals surface area contributed by atoms with E-state index in [0.29, 0.717) is 11.2 Å². The third kappa shape index (κ3) is 6.57. The first-order chi connectivity index (χ1) is 30.7. The van der Waals surface area contributed by atoms with E-state index in [1.807, 2.05) is 11.3 Å². The Labute approximate surface area is 372 Å². The van der Waals surface area contributed by atoms with Crippen molar-refractivity contribution in [3.63, 3.8) is 0 Å². The van der Waals surface area contributed by atoms with Crippen molar-refractivity contribution in [3.8, 4) is 22.3 Å². The Morgan fingerprint density at radius 3 is 1.53 bits per heavy atom. The molecule has 4 aliphatic rings. The predicted molar refractivity (Wildman–Crippen MR) is 267 cm³/mol. The van der Waals surface area contributed by atoms with Gasteiger partial charge in [-0.2, -0.15) is 0 Å². The molecule has 298 valence electrons. The van der Waals surface area contributed by atoms with Crippen LogP contribution in [0.5, 0.6) is 0 Å². The minimum atomic E-state index is 0.408. The quantitative estimate of drug-likeness (QED) is 0.151. The second-order valence-corrected chi connectivity index (χ2v) is 18.9. The van der Waals surface area contributed by atoms with Gasteiger partial charge in [0.1, 0.15) is 0 Å². The monoisotopic (exact) mass is 832 g/mol. The molecule has 0 radical (unpaired) electrons. The van der Waals surface area contributed by atoms with Crippen molar-refractivity contribution in [3.05, 3.63) is 238 Å². The van der Waals surface area contributed by atoms with Crippen molar-refractivity contribution in [1.29, 1.82) is 0 Å². The average Bonchev–Trinajstić information content (AvgIpc) is 3.91. The maximum atomic E-state index is 2.52. The molecule has 0 spiro atoms. The van der Waals surface area contributed by atoms with Crippen LogP contribution in [0.3, 0.4) is 0 Å². The van der Waals surface area contributed by atoms with E-state index in [9.17, 15) is 0 Å². The van der Waals surface area contributed by atoms with Crippen LogP contribution < -0.4 is 9.80 Å². The van der Waals surface area contributed by atoms with Crippen LogP contribution in [0.1, 0.15) is 46.7 Å². The van der Waals surface area contributed by atoms with Crippen LogP contribution in [0.4, 0.5) is 22.7 Å². The fourth-order valence-corrected chi connectivity index (χ4v) is 12.9. The highest BCUT2D eigenvalue weighted by Gasteiger charge is 2.40. The molecule has 1 aromatic heterocycles. The number of rotatable bonds is 8. The lowest BCUT2D eigenvalue weighted by Crippen LogP contribution is -2.20. The summed E-state index contributed by atoms with van der Waals surface area (Å²) in [6.07, 6.45) is 14.1. The minimum Gasteiger partial charge on any atom is -0.314 e. The van der Waals surface area contributed by atoms with Crippen molar-refractivity contribution in [2.24, 2.45) is 0 Å². The number of thioether (sulfide) groups is 1. The maximum Gasteiger partial charge on any atom is 0.0458 e. The van der Waals surface area contributed by atoms with E-state index < -0.39 is 0 Å². The van der Waals surface area contributed by atoms with E-state index in [1.165, 1.54) is 93.0 Å². The Balaban J connectivity index is 0.880. The normalized spacial score (nSPS) is 17.4. The molecule has 0 saturated heterocycles. The number of anilines is 4. The lowest BCUT2D eigenvalue weighted by atomic mass is 9.77. The van der Waals surface area contributed by atoms with Crippen molar-refractivity contribution < 1.29 is 0 Å². The van der Waals surface area contributed by atoms with Gasteiger partial charge in [0, 0.05) is 65.2 Å². The van der Waals surface area contributed by atoms with Gasteiger partial charge < -0.3 is 9.80 Å². The van der Waals surface area contributed by atoms with Crippen molar-refractivity contribution in [1.82, 2.24) is 0 Å². The number of para-hydroxylation sites is 2. The summed E-state index contributed by atoms with van der Waals surface area (Å²) in [4.78, 5) is 7.80. The lowest BCUT2D eigenvalue weighted by Gasteiger charge is -2.32. The molecule has 0 N–H and O–H groups in total. The molecule has 7 aromatic carbocycles. The topological polar surface area (TPSA) is 6.48 Å². The molecule has 2 nitrogen and oxygen atoms in total. The summed E-state index contributed by atoms with van der Waals surface area (Å²) in [5, 5.41) is 1.90. The smallest absolute Gasteiger partial charge is 0.0458 e. The number of aryl methyl sites for hydroxylation is 1. The molecule has 8 aromatic rings. The molecule has 2 unspecified atom stereocenters. The van der Waals surface area contributed by atoms with Crippen molar-refractivity contribution >= 4 is 68.1 Å². The van der Waals surface area contributed by atoms with Gasteiger partial charge >= 0.3 is 0 Å². The molecule has 4 heteroatoms. The maximum absolute atomic E-state index is 2.52. The fourth-order valence-electron chi connectivity index (χ4n) is 10.2. The van der Waals surface area contributed by atoms with E-state index in [2.05, 4.69) is 228 Å². The molecule has 1 aliphatic heterocycles. The number of benzene rings is 7. The van der Waals surface area contributed by atoms with Gasteiger partial charge in [0.2, 0.25) is 0 Å². The van der Waals surface area contributed by atoms with Crippen LogP contribution >= 0.6 is 23.1 Å². The summed E-state index contributed by atoms with van der Waals surface area (Å²) in [5.74, 6) is 0.408. The van der Waals surface area contributed by atoms with E-state index in [4.69, 9.17) is 0 Å². The standard InChI is InChI=1S/C58H44N2S2/c1-5-13-39(14-6-1)41-21-25-45(26-22-41)59(43-17-9-3-10-18-43)47-29-31-51-55(37-47)61-53-35-33-50-49(57(51)53)34-36-54-58(50)52-32-30-48(38-56(52)62-54)60(44-19-11-4-12-20-44)46-27-23-42(24-28-46)40-15-7-2-8-16-40/h1-28,33-38,53,57H,29-32H2. The average molecular weight is 833 g/mol. The second-order valence-electron chi connectivity index (χ2n) is 16.6. The molecule has 0 saturated carbocycles. The predicted octanol–water partition coefficient (Wildman–Crippen LogP) is 16.4. The molecular formula is C58H44N2S2. The summed E-state index contributed by atoms with van der Waals surface area (Å²) in [7, 11) is 0. The summed E-state index contributed by atoms with van der Waals surface area (Å²) in [6, 6.07) is 66.2. The van der Waals surface area contributed by atoms with E-state index in [-0.39, 0.29) is 0 Å².